The Labute approximate surface area is 183 Å². The van der Waals surface area contributed by atoms with Crippen molar-refractivity contribution in [2.24, 2.45) is 0 Å². The fourth-order valence-electron chi connectivity index (χ4n) is 4.00. The Kier molecular flexibility index (Phi) is 6.21. The zero-order valence-electron chi connectivity index (χ0n) is 18.1. The number of fused-ring (bicyclic) bond motifs is 1. The lowest BCUT2D eigenvalue weighted by Crippen LogP contribution is -2.47. The first kappa shape index (κ1) is 20.9. The van der Waals surface area contributed by atoms with E-state index in [1.54, 1.807) is 0 Å². The van der Waals surface area contributed by atoms with Crippen molar-refractivity contribution in [3.63, 3.8) is 0 Å². The molecule has 0 radical (unpaired) electrons. The number of hydrogen-bond donors (Lipinski definition) is 1. The van der Waals surface area contributed by atoms with Gasteiger partial charge in [0.1, 0.15) is 5.75 Å². The van der Waals surface area contributed by atoms with Gasteiger partial charge in [0, 0.05) is 24.7 Å². The van der Waals surface area contributed by atoms with Crippen molar-refractivity contribution in [2.75, 3.05) is 19.7 Å². The largest absolute Gasteiger partial charge is 0.484 e. The molecule has 2 amide bonds. The summed E-state index contributed by atoms with van der Waals surface area (Å²) in [7, 11) is 0. The number of rotatable bonds is 5. The zero-order valence-corrected chi connectivity index (χ0v) is 18.1. The smallest absolute Gasteiger partial charge is 0.260 e. The molecule has 0 spiro atoms. The highest BCUT2D eigenvalue weighted by atomic mass is 16.5. The summed E-state index contributed by atoms with van der Waals surface area (Å²) in [6.07, 6.45) is 1.48. The molecule has 0 saturated carbocycles. The van der Waals surface area contributed by atoms with Crippen LogP contribution in [0.4, 0.5) is 0 Å². The van der Waals surface area contributed by atoms with Crippen LogP contribution in [0.15, 0.2) is 60.7 Å². The number of nitrogens with zero attached hydrogens (tertiary/aromatic N) is 1. The highest BCUT2D eigenvalue weighted by Crippen LogP contribution is 2.20. The van der Waals surface area contributed by atoms with Gasteiger partial charge in [0.15, 0.2) is 6.61 Å². The molecule has 4 rings (SSSR count). The number of piperidine rings is 1. The third-order valence-electron chi connectivity index (χ3n) is 6.06. The van der Waals surface area contributed by atoms with Crippen LogP contribution in [0.5, 0.6) is 5.75 Å². The van der Waals surface area contributed by atoms with Crippen molar-refractivity contribution in [1.82, 2.24) is 10.2 Å². The minimum atomic E-state index is -0.0559. The number of likely N-dealkylation sites (tertiary alicyclic amines) is 1. The molecule has 31 heavy (non-hydrogen) atoms. The summed E-state index contributed by atoms with van der Waals surface area (Å²) in [5, 5.41) is 5.16. The Bertz CT molecular complexity index is 1100. The van der Waals surface area contributed by atoms with Crippen LogP contribution >= 0.6 is 0 Å². The standard InChI is InChI=1S/C26H28N2O3/c1-18-10-11-22(16-19(18)2)31-17-25(29)28-14-12-21(13-15-28)27-26(30)24-9-5-7-20-6-3-4-8-23(20)24/h3-11,16,21H,12-15,17H2,1-2H3,(H,27,30). The molecule has 5 nitrogen and oxygen atoms in total. The van der Waals surface area contributed by atoms with E-state index in [9.17, 15) is 9.59 Å². The summed E-state index contributed by atoms with van der Waals surface area (Å²) in [6.45, 7) is 5.36. The lowest BCUT2D eigenvalue weighted by molar-refractivity contribution is -0.134. The molecule has 0 unspecified atom stereocenters. The molecular weight excluding hydrogens is 388 g/mol. The Balaban J connectivity index is 1.28. The molecule has 1 heterocycles. The lowest BCUT2D eigenvalue weighted by Gasteiger charge is -2.32. The zero-order chi connectivity index (χ0) is 21.8. The number of amides is 2. The minimum absolute atomic E-state index is 0.0166. The molecule has 1 aliphatic heterocycles. The Hall–Kier alpha value is -3.34. The van der Waals surface area contributed by atoms with Crippen LogP contribution in [-0.4, -0.2) is 42.5 Å². The number of benzene rings is 3. The number of ether oxygens (including phenoxy) is 1. The molecule has 1 saturated heterocycles. The number of nitrogens with one attached hydrogen (secondary N) is 1. The molecule has 1 fully saturated rings. The predicted molar refractivity (Wildman–Crippen MR) is 122 cm³/mol. The molecule has 1 aliphatic rings. The van der Waals surface area contributed by atoms with Crippen molar-refractivity contribution in [3.8, 4) is 5.75 Å². The lowest BCUT2D eigenvalue weighted by atomic mass is 10.0. The number of carbonyl (C=O) groups excluding carboxylic acids is 2. The van der Waals surface area contributed by atoms with Crippen LogP contribution in [-0.2, 0) is 4.79 Å². The second-order valence-electron chi connectivity index (χ2n) is 8.19. The maximum Gasteiger partial charge on any atom is 0.260 e. The first-order valence-corrected chi connectivity index (χ1v) is 10.8. The number of carbonyl (C=O) groups is 2. The van der Waals surface area contributed by atoms with Crippen LogP contribution in [0, 0.1) is 13.8 Å². The summed E-state index contributed by atoms with van der Waals surface area (Å²) < 4.78 is 5.69. The van der Waals surface area contributed by atoms with Gasteiger partial charge in [0.05, 0.1) is 0 Å². The molecule has 0 bridgehead atoms. The molecule has 160 valence electrons. The van der Waals surface area contributed by atoms with Gasteiger partial charge in [-0.15, -0.1) is 0 Å². The van der Waals surface area contributed by atoms with Crippen molar-refractivity contribution < 1.29 is 14.3 Å². The molecule has 0 aromatic heterocycles. The third-order valence-corrected chi connectivity index (χ3v) is 6.06. The van der Waals surface area contributed by atoms with E-state index in [1.165, 1.54) is 5.56 Å². The van der Waals surface area contributed by atoms with Crippen LogP contribution in [0.1, 0.15) is 34.3 Å². The average Bonchev–Trinajstić information content (AvgIpc) is 2.79. The van der Waals surface area contributed by atoms with E-state index in [1.807, 2.05) is 79.4 Å². The van der Waals surface area contributed by atoms with Gasteiger partial charge >= 0.3 is 0 Å². The quantitative estimate of drug-likeness (QED) is 0.676. The molecule has 3 aromatic rings. The van der Waals surface area contributed by atoms with Gasteiger partial charge in [-0.25, -0.2) is 0 Å². The van der Waals surface area contributed by atoms with Crippen molar-refractivity contribution in [2.45, 2.75) is 32.7 Å². The molecule has 3 aromatic carbocycles. The molecular formula is C26H28N2O3. The van der Waals surface area contributed by atoms with E-state index >= 15 is 0 Å². The van der Waals surface area contributed by atoms with Crippen LogP contribution in [0.25, 0.3) is 10.8 Å². The second-order valence-corrected chi connectivity index (χ2v) is 8.19. The monoisotopic (exact) mass is 416 g/mol. The number of hydrogen-bond acceptors (Lipinski definition) is 3. The predicted octanol–water partition coefficient (Wildman–Crippen LogP) is 4.26. The summed E-state index contributed by atoms with van der Waals surface area (Å²) >= 11 is 0. The Morgan fingerprint density at radius 3 is 2.48 bits per heavy atom. The molecule has 5 heteroatoms. The van der Waals surface area contributed by atoms with E-state index < -0.39 is 0 Å². The second kappa shape index (κ2) is 9.21. The molecule has 0 atom stereocenters. The van der Waals surface area contributed by atoms with Crippen molar-refractivity contribution in [3.05, 3.63) is 77.4 Å². The summed E-state index contributed by atoms with van der Waals surface area (Å²) in [4.78, 5) is 27.2. The third kappa shape index (κ3) is 4.88. The van der Waals surface area contributed by atoms with Gasteiger partial charge in [-0.2, -0.15) is 0 Å². The van der Waals surface area contributed by atoms with Gasteiger partial charge in [-0.05, 0) is 66.8 Å². The van der Waals surface area contributed by atoms with Crippen molar-refractivity contribution in [1.29, 1.82) is 0 Å². The topological polar surface area (TPSA) is 58.6 Å². The first-order chi connectivity index (χ1) is 15.0. The van der Waals surface area contributed by atoms with E-state index in [4.69, 9.17) is 4.74 Å². The SMILES string of the molecule is Cc1ccc(OCC(=O)N2CCC(NC(=O)c3cccc4ccccc34)CC2)cc1C. The molecule has 0 aliphatic carbocycles. The summed E-state index contributed by atoms with van der Waals surface area (Å²) in [5.41, 5.74) is 3.04. The van der Waals surface area contributed by atoms with Crippen LogP contribution in [0.3, 0.4) is 0 Å². The average molecular weight is 417 g/mol. The van der Waals surface area contributed by atoms with E-state index in [0.29, 0.717) is 24.4 Å². The van der Waals surface area contributed by atoms with E-state index in [-0.39, 0.29) is 24.5 Å². The Morgan fingerprint density at radius 1 is 0.968 bits per heavy atom. The van der Waals surface area contributed by atoms with Gasteiger partial charge in [0.2, 0.25) is 0 Å². The minimum Gasteiger partial charge on any atom is -0.484 e. The van der Waals surface area contributed by atoms with Crippen LogP contribution in [0.2, 0.25) is 0 Å². The summed E-state index contributed by atoms with van der Waals surface area (Å²) in [5.74, 6) is 0.644. The molecule has 1 N–H and O–H groups in total. The van der Waals surface area contributed by atoms with Gasteiger partial charge in [0.25, 0.3) is 11.8 Å². The normalized spacial score (nSPS) is 14.5. The Morgan fingerprint density at radius 2 is 1.71 bits per heavy atom. The summed E-state index contributed by atoms with van der Waals surface area (Å²) in [6, 6.07) is 19.6. The van der Waals surface area contributed by atoms with Crippen molar-refractivity contribution >= 4 is 22.6 Å². The van der Waals surface area contributed by atoms with Gasteiger partial charge in [-0.1, -0.05) is 42.5 Å². The highest BCUT2D eigenvalue weighted by Gasteiger charge is 2.24. The van der Waals surface area contributed by atoms with Crippen LogP contribution < -0.4 is 10.1 Å². The fraction of sp³-hybridized carbons (Fsp3) is 0.308. The van der Waals surface area contributed by atoms with E-state index in [0.717, 1.165) is 29.2 Å². The van der Waals surface area contributed by atoms with Gasteiger partial charge < -0.3 is 15.0 Å². The highest BCUT2D eigenvalue weighted by molar-refractivity contribution is 6.07. The van der Waals surface area contributed by atoms with Gasteiger partial charge in [-0.3, -0.25) is 9.59 Å². The fourth-order valence-corrected chi connectivity index (χ4v) is 4.00. The first-order valence-electron chi connectivity index (χ1n) is 10.8. The maximum absolute atomic E-state index is 12.8. The van der Waals surface area contributed by atoms with E-state index in [2.05, 4.69) is 5.32 Å². The number of aryl methyl sites for hydroxylation is 2. The maximum atomic E-state index is 12.8.